The molecule has 0 saturated carbocycles. The molecule has 176 valence electrons. The Morgan fingerprint density at radius 1 is 1.31 bits per heavy atom. The predicted molar refractivity (Wildman–Crippen MR) is 109 cm³/mol. The van der Waals surface area contributed by atoms with Crippen molar-refractivity contribution in [1.29, 1.82) is 0 Å². The van der Waals surface area contributed by atoms with E-state index in [0.717, 1.165) is 12.1 Å². The van der Waals surface area contributed by atoms with E-state index < -0.39 is 24.4 Å². The fourth-order valence-electron chi connectivity index (χ4n) is 3.32. The van der Waals surface area contributed by atoms with Crippen LogP contribution in [0, 0.1) is 0 Å². The molecule has 11 heteroatoms. The van der Waals surface area contributed by atoms with E-state index in [1.54, 1.807) is 11.0 Å². The lowest BCUT2D eigenvalue weighted by atomic mass is 10.1. The van der Waals surface area contributed by atoms with Crippen molar-refractivity contribution in [2.75, 3.05) is 18.0 Å². The highest BCUT2D eigenvalue weighted by Gasteiger charge is 2.38. The molecule has 1 aromatic carbocycles. The molecular weight excluding hydrogens is 434 g/mol. The number of alkyl halides is 4. The minimum Gasteiger partial charge on any atom is -0.475 e. The molecule has 32 heavy (non-hydrogen) atoms. The number of nitrogens with zero attached hydrogens (tertiary/aromatic N) is 1. The average Bonchev–Trinajstić information content (AvgIpc) is 3.37. The number of carboxylic acid groups (broad SMARTS) is 1. The zero-order valence-corrected chi connectivity index (χ0v) is 17.4. The number of benzene rings is 1. The lowest BCUT2D eigenvalue weighted by Gasteiger charge is -2.18. The van der Waals surface area contributed by atoms with Crippen LogP contribution in [0.25, 0.3) is 0 Å². The van der Waals surface area contributed by atoms with Crippen LogP contribution in [0.1, 0.15) is 25.3 Å². The fraction of sp³-hybridized carbons (Fsp3) is 0.476. The molecule has 7 nitrogen and oxygen atoms in total. The number of halogens is 4. The molecule has 1 fully saturated rings. The zero-order valence-electron chi connectivity index (χ0n) is 17.4. The number of fused-ring (bicyclic) bond motifs is 1. The summed E-state index contributed by atoms with van der Waals surface area (Å²) in [4.78, 5) is 35.3. The number of hydrogen-bond donors (Lipinski definition) is 3. The topological polar surface area (TPSA) is 98.7 Å². The van der Waals surface area contributed by atoms with E-state index in [1.165, 1.54) is 11.6 Å². The van der Waals surface area contributed by atoms with Gasteiger partial charge in [0.05, 0.1) is 6.04 Å². The maximum Gasteiger partial charge on any atom is 0.490 e. The third kappa shape index (κ3) is 7.04. The van der Waals surface area contributed by atoms with Gasteiger partial charge in [-0.15, -0.1) is 0 Å². The van der Waals surface area contributed by atoms with E-state index >= 15 is 0 Å². The van der Waals surface area contributed by atoms with Crippen LogP contribution in [0.15, 0.2) is 36.4 Å². The SMILES string of the molecule is CC[C@@H](/C=C/C(=O)N1CCc2ccccc21)NC(=O)[C@@H]1C[C@H](F)CN1.O=C(O)C(F)(F)F. The Kier molecular flexibility index (Phi) is 8.76. The maximum atomic E-state index is 13.2. The molecule has 2 amide bonds. The number of carbonyl (C=O) groups is 3. The highest BCUT2D eigenvalue weighted by Crippen LogP contribution is 2.27. The summed E-state index contributed by atoms with van der Waals surface area (Å²) >= 11 is 0. The van der Waals surface area contributed by atoms with Crippen LogP contribution < -0.4 is 15.5 Å². The Morgan fingerprint density at radius 3 is 2.53 bits per heavy atom. The van der Waals surface area contributed by atoms with Crippen LogP contribution in [0.2, 0.25) is 0 Å². The molecule has 0 unspecified atom stereocenters. The van der Waals surface area contributed by atoms with Crippen molar-refractivity contribution in [2.24, 2.45) is 0 Å². The first kappa shape index (κ1) is 25.3. The first-order valence-corrected chi connectivity index (χ1v) is 10.1. The van der Waals surface area contributed by atoms with E-state index in [9.17, 15) is 27.2 Å². The summed E-state index contributed by atoms with van der Waals surface area (Å²) in [7, 11) is 0. The van der Waals surface area contributed by atoms with Crippen LogP contribution in [-0.4, -0.2) is 60.4 Å². The Balaban J connectivity index is 0.000000451. The first-order valence-electron chi connectivity index (χ1n) is 10.1. The molecule has 0 spiro atoms. The smallest absolute Gasteiger partial charge is 0.475 e. The van der Waals surface area contributed by atoms with Crippen molar-refractivity contribution >= 4 is 23.5 Å². The lowest BCUT2D eigenvalue weighted by molar-refractivity contribution is -0.192. The van der Waals surface area contributed by atoms with E-state index in [2.05, 4.69) is 10.6 Å². The molecule has 2 aliphatic heterocycles. The molecule has 0 aliphatic carbocycles. The van der Waals surface area contributed by atoms with Gasteiger partial charge in [-0.1, -0.05) is 31.2 Å². The summed E-state index contributed by atoms with van der Waals surface area (Å²) < 4.78 is 44.9. The Labute approximate surface area is 182 Å². The van der Waals surface area contributed by atoms with E-state index in [0.29, 0.717) is 13.0 Å². The van der Waals surface area contributed by atoms with Crippen molar-refractivity contribution in [2.45, 2.75) is 50.6 Å². The molecule has 1 saturated heterocycles. The molecule has 2 aliphatic rings. The van der Waals surface area contributed by atoms with E-state index in [4.69, 9.17) is 9.90 Å². The van der Waals surface area contributed by atoms with Gasteiger partial charge in [0.2, 0.25) is 5.91 Å². The van der Waals surface area contributed by atoms with Gasteiger partial charge in [0.1, 0.15) is 6.17 Å². The van der Waals surface area contributed by atoms with Gasteiger partial charge in [-0.3, -0.25) is 9.59 Å². The quantitative estimate of drug-likeness (QED) is 0.464. The second-order valence-electron chi connectivity index (χ2n) is 7.35. The molecule has 0 aromatic heterocycles. The van der Waals surface area contributed by atoms with E-state index in [1.807, 2.05) is 31.2 Å². The summed E-state index contributed by atoms with van der Waals surface area (Å²) in [5.41, 5.74) is 2.14. The summed E-state index contributed by atoms with van der Waals surface area (Å²) in [5.74, 6) is -3.05. The van der Waals surface area contributed by atoms with Gasteiger partial charge in [-0.2, -0.15) is 13.2 Å². The molecular formula is C21H25F4N3O4. The van der Waals surface area contributed by atoms with Gasteiger partial charge in [0.25, 0.3) is 5.91 Å². The monoisotopic (exact) mass is 459 g/mol. The highest BCUT2D eigenvalue weighted by atomic mass is 19.4. The molecule has 0 radical (unpaired) electrons. The van der Waals surface area contributed by atoms with Gasteiger partial charge in [-0.25, -0.2) is 9.18 Å². The Bertz CT molecular complexity index is 860. The van der Waals surface area contributed by atoms with E-state index in [-0.39, 0.29) is 30.8 Å². The highest BCUT2D eigenvalue weighted by molar-refractivity contribution is 6.03. The number of carbonyl (C=O) groups excluding carboxylic acids is 2. The summed E-state index contributed by atoms with van der Waals surface area (Å²) in [5, 5.41) is 12.9. The minimum atomic E-state index is -5.08. The van der Waals surface area contributed by atoms with Gasteiger partial charge >= 0.3 is 12.1 Å². The number of anilines is 1. The Hall–Kier alpha value is -2.95. The molecule has 2 heterocycles. The van der Waals surface area contributed by atoms with Crippen molar-refractivity contribution < 1.29 is 37.1 Å². The number of hydrogen-bond acceptors (Lipinski definition) is 4. The van der Waals surface area contributed by atoms with Crippen LogP contribution >= 0.6 is 0 Å². The molecule has 1 aromatic rings. The lowest BCUT2D eigenvalue weighted by Crippen LogP contribution is -2.44. The number of para-hydroxylation sites is 1. The number of rotatable bonds is 5. The van der Waals surface area contributed by atoms with Crippen LogP contribution in [0.3, 0.4) is 0 Å². The van der Waals surface area contributed by atoms with Crippen molar-refractivity contribution in [1.82, 2.24) is 10.6 Å². The van der Waals surface area contributed by atoms with Crippen molar-refractivity contribution in [3.05, 3.63) is 42.0 Å². The predicted octanol–water partition coefficient (Wildman–Crippen LogP) is 2.36. The second kappa shape index (κ2) is 11.1. The van der Waals surface area contributed by atoms with Crippen molar-refractivity contribution in [3.8, 4) is 0 Å². The van der Waals surface area contributed by atoms with Crippen molar-refractivity contribution in [3.63, 3.8) is 0 Å². The largest absolute Gasteiger partial charge is 0.490 e. The third-order valence-corrected chi connectivity index (χ3v) is 5.03. The van der Waals surface area contributed by atoms with Crippen LogP contribution in [0.5, 0.6) is 0 Å². The average molecular weight is 459 g/mol. The van der Waals surface area contributed by atoms with Gasteiger partial charge < -0.3 is 20.6 Å². The Morgan fingerprint density at radius 2 is 1.97 bits per heavy atom. The number of nitrogens with one attached hydrogen (secondary N) is 2. The number of amides is 2. The molecule has 3 atom stereocenters. The normalized spacial score (nSPS) is 21.0. The first-order chi connectivity index (χ1) is 15.0. The summed E-state index contributed by atoms with van der Waals surface area (Å²) in [6, 6.07) is 7.16. The van der Waals surface area contributed by atoms with Gasteiger partial charge in [0.15, 0.2) is 0 Å². The third-order valence-electron chi connectivity index (χ3n) is 5.03. The zero-order chi connectivity index (χ0) is 23.9. The standard InChI is InChI=1S/C19H24FN3O2.C2HF3O2/c1-2-15(22-19(25)16-11-14(20)12-21-16)7-8-18(24)23-10-9-13-5-3-4-6-17(13)23;3-2(4,5)1(6)7/h3-8,14-16,21H,2,9-12H2,1H3,(H,22,25);(H,6,7)/b8-7+;/t14-,15-,16-;/m0./s1. The molecule has 0 bridgehead atoms. The number of carboxylic acids is 1. The molecule has 3 rings (SSSR count). The molecule has 3 N–H and O–H groups in total. The summed E-state index contributed by atoms with van der Waals surface area (Å²) in [6.07, 6.45) is -1.07. The van der Waals surface area contributed by atoms with Crippen LogP contribution in [-0.2, 0) is 20.8 Å². The van der Waals surface area contributed by atoms with Gasteiger partial charge in [-0.05, 0) is 24.5 Å². The maximum absolute atomic E-state index is 13.2. The summed E-state index contributed by atoms with van der Waals surface area (Å²) in [6.45, 7) is 2.83. The minimum absolute atomic E-state index is 0.0829. The second-order valence-corrected chi connectivity index (χ2v) is 7.35. The number of aliphatic carboxylic acids is 1. The van der Waals surface area contributed by atoms with Crippen LogP contribution in [0.4, 0.5) is 23.2 Å². The van der Waals surface area contributed by atoms with Gasteiger partial charge in [0, 0.05) is 37.3 Å². The fourth-order valence-corrected chi connectivity index (χ4v) is 3.32.